The fourth-order valence-electron chi connectivity index (χ4n) is 1.87. The molecule has 0 unspecified atom stereocenters. The fraction of sp³-hybridized carbons (Fsp3) is 0.385. The van der Waals surface area contributed by atoms with Gasteiger partial charge in [0.25, 0.3) is 5.91 Å². The maximum atomic E-state index is 12.2. The second-order valence-corrected chi connectivity index (χ2v) is 5.66. The van der Waals surface area contributed by atoms with Crippen molar-refractivity contribution < 1.29 is 4.79 Å². The maximum Gasteiger partial charge on any atom is 0.268 e. The van der Waals surface area contributed by atoms with E-state index in [4.69, 9.17) is 0 Å². The molecule has 0 spiro atoms. The monoisotopic (exact) mass is 324 g/mol. The van der Waals surface area contributed by atoms with Crippen LogP contribution in [0, 0.1) is 6.92 Å². The summed E-state index contributed by atoms with van der Waals surface area (Å²) in [6.45, 7) is 6.50. The van der Waals surface area contributed by atoms with Crippen LogP contribution < -0.4 is 5.32 Å². The summed E-state index contributed by atoms with van der Waals surface area (Å²) in [5, 5.41) is 9.70. The molecule has 0 fully saturated rings. The van der Waals surface area contributed by atoms with Gasteiger partial charge in [-0.25, -0.2) is 0 Å². The number of hydrogen-bond donors (Lipinski definition) is 2. The Morgan fingerprint density at radius 1 is 1.58 bits per heavy atom. The number of aryl methyl sites for hydroxylation is 1. The number of aromatic nitrogens is 3. The lowest BCUT2D eigenvalue weighted by Gasteiger charge is -2.12. The van der Waals surface area contributed by atoms with Crippen molar-refractivity contribution in [3.8, 4) is 0 Å². The first-order chi connectivity index (χ1) is 8.99. The lowest BCUT2D eigenvalue weighted by molar-refractivity contribution is 0.0940. The standard InChI is InChI=1S/C13H17BrN4O/c1-8(2)18-7-11(14)4-12(18)13(19)15-5-10-6-16-17-9(10)3/h4,6-8H,5H2,1-3H3,(H,15,19)(H,16,17). The second-order valence-electron chi connectivity index (χ2n) is 4.75. The van der Waals surface area contributed by atoms with Crippen LogP contribution in [0.3, 0.4) is 0 Å². The fourth-order valence-corrected chi connectivity index (χ4v) is 2.31. The van der Waals surface area contributed by atoms with Crippen LogP contribution in [0.25, 0.3) is 0 Å². The number of nitrogens with zero attached hydrogens (tertiary/aromatic N) is 2. The van der Waals surface area contributed by atoms with Crippen molar-refractivity contribution in [2.45, 2.75) is 33.4 Å². The first-order valence-corrected chi connectivity index (χ1v) is 6.92. The number of H-pyrrole nitrogens is 1. The molecule has 2 rings (SSSR count). The van der Waals surface area contributed by atoms with Gasteiger partial charge in [-0.3, -0.25) is 9.89 Å². The molecular weight excluding hydrogens is 308 g/mol. The smallest absolute Gasteiger partial charge is 0.268 e. The summed E-state index contributed by atoms with van der Waals surface area (Å²) >= 11 is 3.41. The summed E-state index contributed by atoms with van der Waals surface area (Å²) in [6.07, 6.45) is 3.65. The highest BCUT2D eigenvalue weighted by molar-refractivity contribution is 9.10. The van der Waals surface area contributed by atoms with Crippen LogP contribution in [0.15, 0.2) is 22.9 Å². The van der Waals surface area contributed by atoms with E-state index >= 15 is 0 Å². The minimum Gasteiger partial charge on any atom is -0.347 e. The molecule has 0 saturated carbocycles. The number of amides is 1. The van der Waals surface area contributed by atoms with E-state index in [1.165, 1.54) is 0 Å². The zero-order chi connectivity index (χ0) is 14.0. The molecule has 6 heteroatoms. The summed E-state index contributed by atoms with van der Waals surface area (Å²) in [4.78, 5) is 12.2. The van der Waals surface area contributed by atoms with Crippen molar-refractivity contribution in [1.82, 2.24) is 20.1 Å². The van der Waals surface area contributed by atoms with Crippen molar-refractivity contribution in [1.29, 1.82) is 0 Å². The van der Waals surface area contributed by atoms with E-state index in [1.807, 2.05) is 37.6 Å². The Hall–Kier alpha value is -1.56. The highest BCUT2D eigenvalue weighted by atomic mass is 79.9. The summed E-state index contributed by atoms with van der Waals surface area (Å²) in [6, 6.07) is 2.07. The highest BCUT2D eigenvalue weighted by Crippen LogP contribution is 2.19. The van der Waals surface area contributed by atoms with Crippen LogP contribution in [0.1, 0.15) is 41.6 Å². The van der Waals surface area contributed by atoms with Gasteiger partial charge in [0, 0.05) is 34.5 Å². The van der Waals surface area contributed by atoms with Gasteiger partial charge < -0.3 is 9.88 Å². The Labute approximate surface area is 120 Å². The molecule has 2 N–H and O–H groups in total. The molecular formula is C13H17BrN4O. The van der Waals surface area contributed by atoms with Gasteiger partial charge in [-0.05, 0) is 42.8 Å². The molecule has 0 saturated heterocycles. The summed E-state index contributed by atoms with van der Waals surface area (Å²) in [5.41, 5.74) is 2.62. The molecule has 0 aliphatic carbocycles. The third kappa shape index (κ3) is 3.07. The first kappa shape index (κ1) is 13.9. The summed E-state index contributed by atoms with van der Waals surface area (Å²) in [5.74, 6) is -0.0833. The number of carbonyl (C=O) groups excluding carboxylic acids is 1. The topological polar surface area (TPSA) is 62.7 Å². The quantitative estimate of drug-likeness (QED) is 0.908. The van der Waals surface area contributed by atoms with Crippen molar-refractivity contribution in [3.05, 3.63) is 39.9 Å². The number of aromatic amines is 1. The molecule has 0 aliphatic heterocycles. The Kier molecular flexibility index (Phi) is 4.09. The Balaban J connectivity index is 2.10. The van der Waals surface area contributed by atoms with Crippen LogP contribution in [-0.4, -0.2) is 20.7 Å². The second kappa shape index (κ2) is 5.61. The molecule has 2 aromatic heterocycles. The van der Waals surface area contributed by atoms with Gasteiger partial charge in [0.15, 0.2) is 0 Å². The molecule has 19 heavy (non-hydrogen) atoms. The Morgan fingerprint density at radius 3 is 2.89 bits per heavy atom. The van der Waals surface area contributed by atoms with Crippen LogP contribution >= 0.6 is 15.9 Å². The van der Waals surface area contributed by atoms with E-state index in [0.29, 0.717) is 12.2 Å². The molecule has 1 amide bonds. The van der Waals surface area contributed by atoms with Gasteiger partial charge in [0.1, 0.15) is 5.69 Å². The molecule has 102 valence electrons. The lowest BCUT2D eigenvalue weighted by Crippen LogP contribution is -2.26. The Bertz CT molecular complexity index is 585. The van der Waals surface area contributed by atoms with E-state index in [2.05, 4.69) is 31.4 Å². The van der Waals surface area contributed by atoms with Crippen LogP contribution in [-0.2, 0) is 6.54 Å². The number of nitrogens with one attached hydrogen (secondary N) is 2. The molecule has 5 nitrogen and oxygen atoms in total. The molecule has 0 atom stereocenters. The third-order valence-corrected chi connectivity index (χ3v) is 3.41. The molecule has 0 aliphatic rings. The third-order valence-electron chi connectivity index (χ3n) is 2.98. The molecule has 2 aromatic rings. The van der Waals surface area contributed by atoms with E-state index in [9.17, 15) is 4.79 Å². The number of hydrogen-bond acceptors (Lipinski definition) is 2. The van der Waals surface area contributed by atoms with Gasteiger partial charge in [-0.15, -0.1) is 0 Å². The average Bonchev–Trinajstić information content (AvgIpc) is 2.92. The van der Waals surface area contributed by atoms with E-state index in [1.54, 1.807) is 6.20 Å². The molecule has 0 aromatic carbocycles. The highest BCUT2D eigenvalue weighted by Gasteiger charge is 2.15. The number of rotatable bonds is 4. The van der Waals surface area contributed by atoms with Gasteiger partial charge in [-0.2, -0.15) is 5.10 Å². The average molecular weight is 325 g/mol. The van der Waals surface area contributed by atoms with Gasteiger partial charge >= 0.3 is 0 Å². The van der Waals surface area contributed by atoms with Gasteiger partial charge in [-0.1, -0.05) is 0 Å². The van der Waals surface area contributed by atoms with Crippen molar-refractivity contribution in [2.24, 2.45) is 0 Å². The van der Waals surface area contributed by atoms with Gasteiger partial charge in [0.2, 0.25) is 0 Å². The predicted octanol–water partition coefficient (Wildman–Crippen LogP) is 2.79. The van der Waals surface area contributed by atoms with Crippen molar-refractivity contribution in [3.63, 3.8) is 0 Å². The zero-order valence-corrected chi connectivity index (χ0v) is 12.8. The molecule has 0 radical (unpaired) electrons. The number of carbonyl (C=O) groups is 1. The largest absolute Gasteiger partial charge is 0.347 e. The van der Waals surface area contributed by atoms with Crippen LogP contribution in [0.4, 0.5) is 0 Å². The minimum atomic E-state index is -0.0833. The SMILES string of the molecule is Cc1[nH]ncc1CNC(=O)c1cc(Br)cn1C(C)C. The zero-order valence-electron chi connectivity index (χ0n) is 11.2. The van der Waals surface area contributed by atoms with Crippen molar-refractivity contribution in [2.75, 3.05) is 0 Å². The van der Waals surface area contributed by atoms with E-state index in [-0.39, 0.29) is 11.9 Å². The summed E-state index contributed by atoms with van der Waals surface area (Å²) in [7, 11) is 0. The normalized spacial score (nSPS) is 11.0. The molecule has 0 bridgehead atoms. The van der Waals surface area contributed by atoms with Crippen LogP contribution in [0.2, 0.25) is 0 Å². The Morgan fingerprint density at radius 2 is 2.32 bits per heavy atom. The molecule has 2 heterocycles. The minimum absolute atomic E-state index is 0.0833. The van der Waals surface area contributed by atoms with Gasteiger partial charge in [0.05, 0.1) is 6.20 Å². The summed E-state index contributed by atoms with van der Waals surface area (Å²) < 4.78 is 2.85. The van der Waals surface area contributed by atoms with Crippen LogP contribution in [0.5, 0.6) is 0 Å². The predicted molar refractivity (Wildman–Crippen MR) is 77.0 cm³/mol. The first-order valence-electron chi connectivity index (χ1n) is 6.13. The van der Waals surface area contributed by atoms with E-state index in [0.717, 1.165) is 15.7 Å². The van der Waals surface area contributed by atoms with Crippen molar-refractivity contribution >= 4 is 21.8 Å². The lowest BCUT2D eigenvalue weighted by atomic mass is 10.2. The number of halogens is 1. The van der Waals surface area contributed by atoms with E-state index < -0.39 is 0 Å². The maximum absolute atomic E-state index is 12.2.